The lowest BCUT2D eigenvalue weighted by atomic mass is 9.90. The Bertz CT molecular complexity index is 625. The number of ether oxygens (including phenoxy) is 1. The van der Waals surface area contributed by atoms with Gasteiger partial charge in [0.15, 0.2) is 4.77 Å². The van der Waals surface area contributed by atoms with Crippen molar-refractivity contribution in [3.63, 3.8) is 0 Å². The lowest BCUT2D eigenvalue weighted by Gasteiger charge is -2.23. The first kappa shape index (κ1) is 14.1. The third kappa shape index (κ3) is 2.84. The van der Waals surface area contributed by atoms with E-state index in [9.17, 15) is 0 Å². The van der Waals surface area contributed by atoms with Crippen LogP contribution in [0.25, 0.3) is 11.0 Å². The number of hydrogen-bond donors (Lipinski definition) is 1. The van der Waals surface area contributed by atoms with Crippen LogP contribution in [0.1, 0.15) is 34.1 Å². The molecule has 0 atom stereocenters. The van der Waals surface area contributed by atoms with E-state index >= 15 is 0 Å². The molecule has 3 nitrogen and oxygen atoms in total. The van der Waals surface area contributed by atoms with Crippen LogP contribution >= 0.6 is 12.2 Å². The zero-order chi connectivity index (χ0) is 14.0. The molecular weight excluding hydrogens is 256 g/mol. The maximum Gasteiger partial charge on any atom is 0.178 e. The van der Waals surface area contributed by atoms with Crippen molar-refractivity contribution in [1.29, 1.82) is 0 Å². The van der Waals surface area contributed by atoms with Gasteiger partial charge in [0.1, 0.15) is 11.3 Å². The van der Waals surface area contributed by atoms with E-state index in [2.05, 4.69) is 36.4 Å². The second-order valence-electron chi connectivity index (χ2n) is 5.62. The lowest BCUT2D eigenvalue weighted by Crippen LogP contribution is -2.18. The van der Waals surface area contributed by atoms with Gasteiger partial charge in [0.2, 0.25) is 0 Å². The van der Waals surface area contributed by atoms with E-state index in [0.29, 0.717) is 6.61 Å². The van der Waals surface area contributed by atoms with E-state index in [-0.39, 0.29) is 5.41 Å². The summed E-state index contributed by atoms with van der Waals surface area (Å²) in [4.78, 5) is 3.28. The summed E-state index contributed by atoms with van der Waals surface area (Å²) in [5, 5.41) is 0. The van der Waals surface area contributed by atoms with Crippen molar-refractivity contribution in [1.82, 2.24) is 9.55 Å². The summed E-state index contributed by atoms with van der Waals surface area (Å²) in [6.45, 7) is 10.3. The number of hydrogen-bond acceptors (Lipinski definition) is 2. The van der Waals surface area contributed by atoms with Gasteiger partial charge in [-0.15, -0.1) is 0 Å². The van der Waals surface area contributed by atoms with Gasteiger partial charge in [-0.25, -0.2) is 0 Å². The van der Waals surface area contributed by atoms with Crippen molar-refractivity contribution in [3.05, 3.63) is 23.0 Å². The van der Waals surface area contributed by atoms with Crippen LogP contribution in [0.15, 0.2) is 18.2 Å². The van der Waals surface area contributed by atoms with Crippen molar-refractivity contribution in [2.24, 2.45) is 5.41 Å². The van der Waals surface area contributed by atoms with Gasteiger partial charge in [-0.2, -0.15) is 0 Å². The molecule has 0 aliphatic rings. The Balaban J connectivity index is 2.54. The van der Waals surface area contributed by atoms with E-state index in [4.69, 9.17) is 17.0 Å². The molecule has 2 aromatic rings. The van der Waals surface area contributed by atoms with E-state index in [1.54, 1.807) is 0 Å². The summed E-state index contributed by atoms with van der Waals surface area (Å²) in [6.07, 6.45) is 1.12. The minimum absolute atomic E-state index is 0.231. The molecule has 0 fully saturated rings. The highest BCUT2D eigenvalue weighted by atomic mass is 32.1. The zero-order valence-corrected chi connectivity index (χ0v) is 12.9. The highest BCUT2D eigenvalue weighted by Crippen LogP contribution is 2.29. The number of H-pyrrole nitrogens is 1. The lowest BCUT2D eigenvalue weighted by molar-refractivity contribution is 0.297. The molecule has 0 saturated heterocycles. The Kier molecular flexibility index (Phi) is 3.99. The fourth-order valence-electron chi connectivity index (χ4n) is 2.13. The Labute approximate surface area is 119 Å². The first-order chi connectivity index (χ1) is 8.98. The van der Waals surface area contributed by atoms with Crippen LogP contribution in [0, 0.1) is 10.2 Å². The minimum Gasteiger partial charge on any atom is -0.492 e. The van der Waals surface area contributed by atoms with Crippen LogP contribution in [-0.4, -0.2) is 16.2 Å². The fraction of sp³-hybridized carbons (Fsp3) is 0.533. The maximum atomic E-state index is 5.65. The molecule has 1 N–H and O–H groups in total. The van der Waals surface area contributed by atoms with Gasteiger partial charge in [0.05, 0.1) is 12.1 Å². The summed E-state index contributed by atoms with van der Waals surface area (Å²) < 4.78 is 8.60. The Morgan fingerprint density at radius 1 is 1.32 bits per heavy atom. The third-order valence-corrected chi connectivity index (χ3v) is 3.94. The Hall–Kier alpha value is -1.29. The highest BCUT2D eigenvalue weighted by Gasteiger charge is 2.18. The van der Waals surface area contributed by atoms with Gasteiger partial charge in [-0.05, 0) is 43.1 Å². The van der Waals surface area contributed by atoms with Gasteiger partial charge in [0, 0.05) is 6.54 Å². The van der Waals surface area contributed by atoms with Crippen LogP contribution in [0.3, 0.4) is 0 Å². The third-order valence-electron chi connectivity index (χ3n) is 3.62. The van der Waals surface area contributed by atoms with Crippen LogP contribution in [0.2, 0.25) is 0 Å². The molecule has 1 aromatic heterocycles. The van der Waals surface area contributed by atoms with Crippen molar-refractivity contribution < 1.29 is 4.74 Å². The topological polar surface area (TPSA) is 29.9 Å². The van der Waals surface area contributed by atoms with E-state index in [1.165, 1.54) is 0 Å². The fourth-order valence-corrected chi connectivity index (χ4v) is 2.39. The van der Waals surface area contributed by atoms with E-state index in [1.807, 2.05) is 19.1 Å². The average Bonchev–Trinajstić information content (AvgIpc) is 2.68. The Morgan fingerprint density at radius 2 is 2.05 bits per heavy atom. The van der Waals surface area contributed by atoms with Crippen LogP contribution in [0.5, 0.6) is 5.75 Å². The predicted molar refractivity (Wildman–Crippen MR) is 82.4 cm³/mol. The second kappa shape index (κ2) is 5.37. The van der Waals surface area contributed by atoms with Gasteiger partial charge in [-0.3, -0.25) is 0 Å². The molecule has 0 aliphatic heterocycles. The summed E-state index contributed by atoms with van der Waals surface area (Å²) >= 11 is 5.46. The number of aromatic nitrogens is 2. The van der Waals surface area contributed by atoms with E-state index < -0.39 is 0 Å². The summed E-state index contributed by atoms with van der Waals surface area (Å²) in [5.41, 5.74) is 2.35. The second-order valence-corrected chi connectivity index (χ2v) is 6.00. The number of nitrogens with zero attached hydrogens (tertiary/aromatic N) is 1. The largest absolute Gasteiger partial charge is 0.492 e. The molecule has 0 aliphatic carbocycles. The standard InChI is InChI=1S/C15H22N2OS/c1-5-15(3,4)10-17-11-8-7-9-12(18-6-2)13(11)16-14(17)19/h7-9H,5-6,10H2,1-4H3,(H,16,19). The molecule has 0 unspecified atom stereocenters. The predicted octanol–water partition coefficient (Wildman–Crippen LogP) is 4.53. The van der Waals surface area contributed by atoms with Gasteiger partial charge < -0.3 is 14.3 Å². The van der Waals surface area contributed by atoms with Crippen molar-refractivity contribution in [3.8, 4) is 5.75 Å². The smallest absolute Gasteiger partial charge is 0.178 e. The summed E-state index contributed by atoms with van der Waals surface area (Å²) in [6, 6.07) is 6.09. The van der Waals surface area contributed by atoms with Crippen LogP contribution < -0.4 is 4.74 Å². The quantitative estimate of drug-likeness (QED) is 0.814. The normalized spacial score (nSPS) is 12.0. The maximum absolute atomic E-state index is 5.65. The van der Waals surface area contributed by atoms with E-state index in [0.717, 1.165) is 34.5 Å². The molecule has 0 radical (unpaired) electrons. The molecule has 0 bridgehead atoms. The number of rotatable bonds is 5. The van der Waals surface area contributed by atoms with Crippen molar-refractivity contribution >= 4 is 23.3 Å². The molecule has 0 saturated carbocycles. The molecule has 1 heterocycles. The number of para-hydroxylation sites is 1. The molecule has 2 rings (SSSR count). The number of imidazole rings is 1. The number of nitrogens with one attached hydrogen (secondary N) is 1. The van der Waals surface area contributed by atoms with Crippen molar-refractivity contribution in [2.75, 3.05) is 6.61 Å². The highest BCUT2D eigenvalue weighted by molar-refractivity contribution is 7.71. The van der Waals surface area contributed by atoms with Crippen molar-refractivity contribution in [2.45, 2.75) is 40.7 Å². The van der Waals surface area contributed by atoms with Gasteiger partial charge >= 0.3 is 0 Å². The number of aromatic amines is 1. The summed E-state index contributed by atoms with van der Waals surface area (Å²) in [5.74, 6) is 0.874. The van der Waals surface area contributed by atoms with Crippen LogP contribution in [-0.2, 0) is 6.54 Å². The molecule has 19 heavy (non-hydrogen) atoms. The minimum atomic E-state index is 0.231. The molecular formula is C15H22N2OS. The molecule has 4 heteroatoms. The molecule has 0 spiro atoms. The average molecular weight is 278 g/mol. The van der Waals surface area contributed by atoms with Crippen LogP contribution in [0.4, 0.5) is 0 Å². The molecule has 0 amide bonds. The number of benzene rings is 1. The Morgan fingerprint density at radius 3 is 2.68 bits per heavy atom. The molecule has 1 aromatic carbocycles. The zero-order valence-electron chi connectivity index (χ0n) is 12.1. The first-order valence-electron chi connectivity index (χ1n) is 6.83. The monoisotopic (exact) mass is 278 g/mol. The SMILES string of the molecule is CCOc1cccc2c1[nH]c(=S)n2CC(C)(C)CC. The first-order valence-corrected chi connectivity index (χ1v) is 7.23. The summed E-state index contributed by atoms with van der Waals surface area (Å²) in [7, 11) is 0. The van der Waals surface area contributed by atoms with Gasteiger partial charge in [-0.1, -0.05) is 26.8 Å². The molecule has 104 valence electrons. The number of fused-ring (bicyclic) bond motifs is 1. The van der Waals surface area contributed by atoms with Gasteiger partial charge in [0.25, 0.3) is 0 Å².